The van der Waals surface area contributed by atoms with E-state index in [0.717, 1.165) is 28.5 Å². The molecule has 7 heteroatoms. The van der Waals surface area contributed by atoms with E-state index in [1.54, 1.807) is 14.2 Å². The number of anilines is 1. The zero-order chi connectivity index (χ0) is 23.7. The molecular weight excluding hydrogens is 444 g/mol. The molecule has 1 N–H and O–H groups in total. The molecule has 1 saturated heterocycles. The van der Waals surface area contributed by atoms with Crippen molar-refractivity contribution < 1.29 is 9.47 Å². The number of aromatic nitrogens is 2. The van der Waals surface area contributed by atoms with Crippen molar-refractivity contribution in [3.8, 4) is 17.2 Å². The number of methoxy groups -OCH3 is 2. The minimum absolute atomic E-state index is 0.164. The predicted molar refractivity (Wildman–Crippen MR) is 138 cm³/mol. The smallest absolute Gasteiger partial charge is 0.174 e. The van der Waals surface area contributed by atoms with E-state index in [1.807, 2.05) is 42.6 Å². The van der Waals surface area contributed by atoms with Gasteiger partial charge in [0.05, 0.1) is 31.6 Å². The van der Waals surface area contributed by atoms with Crippen LogP contribution in [0.3, 0.4) is 0 Å². The van der Waals surface area contributed by atoms with Crippen LogP contribution >= 0.6 is 12.2 Å². The van der Waals surface area contributed by atoms with Crippen molar-refractivity contribution in [2.24, 2.45) is 0 Å². The third-order valence-electron chi connectivity index (χ3n) is 6.11. The maximum absolute atomic E-state index is 5.90. The van der Waals surface area contributed by atoms with E-state index in [2.05, 4.69) is 69.3 Å². The van der Waals surface area contributed by atoms with E-state index >= 15 is 0 Å². The predicted octanol–water partition coefficient (Wildman–Crippen LogP) is 5.38. The second-order valence-corrected chi connectivity index (χ2v) is 8.56. The van der Waals surface area contributed by atoms with Gasteiger partial charge in [0.2, 0.25) is 0 Å². The van der Waals surface area contributed by atoms with Crippen molar-refractivity contribution in [1.82, 2.24) is 14.9 Å². The first-order valence-corrected chi connectivity index (χ1v) is 11.5. The van der Waals surface area contributed by atoms with Crippen LogP contribution in [0.15, 0.2) is 85.2 Å². The van der Waals surface area contributed by atoms with Gasteiger partial charge in [-0.05, 0) is 73.2 Å². The molecule has 1 aliphatic heterocycles. The molecule has 172 valence electrons. The van der Waals surface area contributed by atoms with E-state index < -0.39 is 0 Å². The first kappa shape index (κ1) is 22.0. The molecule has 0 spiro atoms. The fourth-order valence-corrected chi connectivity index (χ4v) is 4.89. The molecule has 0 aliphatic carbocycles. The van der Waals surface area contributed by atoms with Crippen molar-refractivity contribution in [3.05, 3.63) is 102 Å². The molecule has 2 atom stereocenters. The maximum Gasteiger partial charge on any atom is 0.174 e. The van der Waals surface area contributed by atoms with Crippen LogP contribution in [-0.4, -0.2) is 28.9 Å². The molecule has 0 radical (unpaired) electrons. The average molecular weight is 471 g/mol. The van der Waals surface area contributed by atoms with Crippen LogP contribution in [0.5, 0.6) is 11.5 Å². The highest BCUT2D eigenvalue weighted by molar-refractivity contribution is 7.80. The molecule has 1 aliphatic rings. The number of hydrogen-bond donors (Lipinski definition) is 1. The number of ether oxygens (including phenoxy) is 2. The average Bonchev–Trinajstić information content (AvgIpc) is 3.48. The number of pyridine rings is 1. The number of benzene rings is 2. The molecule has 0 bridgehead atoms. The molecule has 2 aromatic carbocycles. The monoisotopic (exact) mass is 470 g/mol. The largest absolute Gasteiger partial charge is 0.497 e. The van der Waals surface area contributed by atoms with Crippen molar-refractivity contribution >= 4 is 23.0 Å². The molecule has 5 rings (SSSR count). The standard InChI is InChI=1S/C27H26N4O2S/c1-18-8-6-9-19(16-18)30-15-7-11-22(30)26-25(21-10-4-5-14-28-21)29-27(34)31(26)23-17-20(32-2)12-13-24(23)33-3/h4-17,25-26H,1-3H3,(H,29,34)/t25-,26+/m1/s1. The highest BCUT2D eigenvalue weighted by atomic mass is 32.1. The molecule has 2 aromatic heterocycles. The summed E-state index contributed by atoms with van der Waals surface area (Å²) in [6.07, 6.45) is 3.90. The van der Waals surface area contributed by atoms with Crippen LogP contribution in [0.4, 0.5) is 5.69 Å². The van der Waals surface area contributed by atoms with Crippen molar-refractivity contribution in [2.75, 3.05) is 19.1 Å². The van der Waals surface area contributed by atoms with Gasteiger partial charge in [0.15, 0.2) is 5.11 Å². The molecule has 3 heterocycles. The Bertz CT molecular complexity index is 1320. The van der Waals surface area contributed by atoms with Gasteiger partial charge in [-0.25, -0.2) is 0 Å². The Balaban J connectivity index is 1.71. The van der Waals surface area contributed by atoms with Gasteiger partial charge in [0, 0.05) is 29.8 Å². The first-order valence-electron chi connectivity index (χ1n) is 11.1. The summed E-state index contributed by atoms with van der Waals surface area (Å²) in [6.45, 7) is 2.10. The first-order chi connectivity index (χ1) is 16.6. The van der Waals surface area contributed by atoms with Crippen LogP contribution < -0.4 is 19.7 Å². The molecule has 34 heavy (non-hydrogen) atoms. The lowest BCUT2D eigenvalue weighted by Crippen LogP contribution is -2.30. The van der Waals surface area contributed by atoms with Gasteiger partial charge in [-0.2, -0.15) is 0 Å². The number of rotatable bonds is 6. The van der Waals surface area contributed by atoms with Crippen LogP contribution in [0.1, 0.15) is 29.0 Å². The lowest BCUT2D eigenvalue weighted by molar-refractivity contribution is 0.402. The lowest BCUT2D eigenvalue weighted by atomic mass is 10.0. The summed E-state index contributed by atoms with van der Waals surface area (Å²) in [5.41, 5.74) is 5.12. The summed E-state index contributed by atoms with van der Waals surface area (Å²) >= 11 is 5.90. The quantitative estimate of drug-likeness (QED) is 0.382. The molecule has 4 aromatic rings. The summed E-state index contributed by atoms with van der Waals surface area (Å²) in [5, 5.41) is 4.12. The number of thiocarbonyl (C=S) groups is 1. The topological polar surface area (TPSA) is 51.6 Å². The van der Waals surface area contributed by atoms with E-state index in [0.29, 0.717) is 10.9 Å². The zero-order valence-corrected chi connectivity index (χ0v) is 20.1. The van der Waals surface area contributed by atoms with Crippen LogP contribution in [0.25, 0.3) is 5.69 Å². The van der Waals surface area contributed by atoms with Gasteiger partial charge in [-0.3, -0.25) is 4.98 Å². The third kappa shape index (κ3) is 3.88. The Morgan fingerprint density at radius 2 is 1.82 bits per heavy atom. The normalized spacial score (nSPS) is 17.5. The summed E-state index contributed by atoms with van der Waals surface area (Å²) in [5.74, 6) is 1.44. The second kappa shape index (κ2) is 9.19. The molecule has 1 fully saturated rings. The minimum Gasteiger partial charge on any atom is -0.497 e. The summed E-state index contributed by atoms with van der Waals surface area (Å²) in [6, 6.07) is 24.0. The molecular formula is C27H26N4O2S. The second-order valence-electron chi connectivity index (χ2n) is 8.18. The van der Waals surface area contributed by atoms with Crippen LogP contribution in [0.2, 0.25) is 0 Å². The molecule has 0 amide bonds. The van der Waals surface area contributed by atoms with Crippen molar-refractivity contribution in [1.29, 1.82) is 0 Å². The van der Waals surface area contributed by atoms with Gasteiger partial charge in [-0.1, -0.05) is 18.2 Å². The Morgan fingerprint density at radius 1 is 0.941 bits per heavy atom. The zero-order valence-electron chi connectivity index (χ0n) is 19.3. The lowest BCUT2D eigenvalue weighted by Gasteiger charge is -2.30. The van der Waals surface area contributed by atoms with E-state index in [-0.39, 0.29) is 12.1 Å². The van der Waals surface area contributed by atoms with Gasteiger partial charge in [0.1, 0.15) is 17.5 Å². The Labute approximate surface area is 204 Å². The number of aryl methyl sites for hydroxylation is 1. The fourth-order valence-electron chi connectivity index (χ4n) is 4.55. The highest BCUT2D eigenvalue weighted by Gasteiger charge is 2.43. The highest BCUT2D eigenvalue weighted by Crippen LogP contribution is 2.46. The summed E-state index contributed by atoms with van der Waals surface area (Å²) in [4.78, 5) is 6.77. The van der Waals surface area contributed by atoms with Gasteiger partial charge in [0.25, 0.3) is 0 Å². The molecule has 6 nitrogen and oxygen atoms in total. The van der Waals surface area contributed by atoms with E-state index in [1.165, 1.54) is 5.56 Å². The van der Waals surface area contributed by atoms with E-state index in [4.69, 9.17) is 21.7 Å². The van der Waals surface area contributed by atoms with Gasteiger partial charge < -0.3 is 24.3 Å². The van der Waals surface area contributed by atoms with Gasteiger partial charge >= 0.3 is 0 Å². The summed E-state index contributed by atoms with van der Waals surface area (Å²) in [7, 11) is 3.32. The number of nitrogens with one attached hydrogen (secondary N) is 1. The Kier molecular flexibility index (Phi) is 5.94. The number of nitrogens with zero attached hydrogens (tertiary/aromatic N) is 3. The number of hydrogen-bond acceptors (Lipinski definition) is 4. The summed E-state index contributed by atoms with van der Waals surface area (Å²) < 4.78 is 13.5. The maximum atomic E-state index is 5.90. The Morgan fingerprint density at radius 3 is 2.56 bits per heavy atom. The fraction of sp³-hybridized carbons (Fsp3) is 0.185. The SMILES string of the molecule is COc1ccc(OC)c(N2C(=S)N[C@H](c3ccccn3)[C@@H]2c2cccn2-c2cccc(C)c2)c1. The Hall–Kier alpha value is -3.84. The third-order valence-corrected chi connectivity index (χ3v) is 6.42. The van der Waals surface area contributed by atoms with Crippen molar-refractivity contribution in [3.63, 3.8) is 0 Å². The minimum atomic E-state index is -0.182. The molecule has 0 saturated carbocycles. The molecule has 0 unspecified atom stereocenters. The van der Waals surface area contributed by atoms with Crippen LogP contribution in [0, 0.1) is 6.92 Å². The van der Waals surface area contributed by atoms with Crippen molar-refractivity contribution in [2.45, 2.75) is 19.0 Å². The van der Waals surface area contributed by atoms with E-state index in [9.17, 15) is 0 Å². The van der Waals surface area contributed by atoms with Gasteiger partial charge in [-0.15, -0.1) is 0 Å². The van der Waals surface area contributed by atoms with Crippen LogP contribution in [-0.2, 0) is 0 Å².